The molecule has 2 aromatic rings. The lowest BCUT2D eigenvalue weighted by Gasteiger charge is -2.35. The highest BCUT2D eigenvalue weighted by molar-refractivity contribution is 7.89. The van der Waals surface area contributed by atoms with Gasteiger partial charge in [-0.15, -0.1) is 0 Å². The number of nitro groups is 1. The molecule has 33 heavy (non-hydrogen) atoms. The van der Waals surface area contributed by atoms with E-state index in [1.54, 1.807) is 23.1 Å². The second-order valence-corrected chi connectivity index (χ2v) is 10.5. The molecule has 2 saturated heterocycles. The number of piperazine rings is 1. The van der Waals surface area contributed by atoms with Crippen molar-refractivity contribution < 1.29 is 18.1 Å². The highest BCUT2D eigenvalue weighted by atomic mass is 35.5. The zero-order valence-corrected chi connectivity index (χ0v) is 19.6. The summed E-state index contributed by atoms with van der Waals surface area (Å²) in [5.41, 5.74) is 0.845. The van der Waals surface area contributed by atoms with Crippen molar-refractivity contribution >= 4 is 38.9 Å². The smallest absolute Gasteiger partial charge is 0.270 e. The minimum atomic E-state index is -3.73. The molecule has 2 fully saturated rings. The maximum atomic E-state index is 13.4. The second-order valence-electron chi connectivity index (χ2n) is 8.16. The number of carbonyl (C=O) groups excluding carboxylic acids is 1. The molecule has 9 nitrogen and oxygen atoms in total. The standard InChI is InChI=1S/C22H25ClN4O5S/c23-17-5-4-6-19(15-17)33(31,32)26-13-11-25(12-14-26)22(28)20-16-18(27(29)30)7-8-21(20)24-9-2-1-3-10-24/h4-8,15-16H,1-3,9-14H2. The molecule has 0 atom stereocenters. The summed E-state index contributed by atoms with van der Waals surface area (Å²) in [5, 5.41) is 11.7. The lowest BCUT2D eigenvalue weighted by atomic mass is 10.0. The number of hydrogen-bond donors (Lipinski definition) is 0. The summed E-state index contributed by atoms with van der Waals surface area (Å²) in [7, 11) is -3.73. The number of piperidine rings is 1. The van der Waals surface area contributed by atoms with Crippen LogP contribution in [0.15, 0.2) is 47.4 Å². The van der Waals surface area contributed by atoms with Gasteiger partial charge in [0, 0.05) is 56.4 Å². The van der Waals surface area contributed by atoms with Crippen LogP contribution < -0.4 is 4.90 Å². The van der Waals surface area contributed by atoms with E-state index in [-0.39, 0.29) is 48.2 Å². The third kappa shape index (κ3) is 4.97. The molecule has 0 aromatic heterocycles. The van der Waals surface area contributed by atoms with Crippen LogP contribution in [0.1, 0.15) is 29.6 Å². The molecular weight excluding hydrogens is 468 g/mol. The van der Waals surface area contributed by atoms with Gasteiger partial charge >= 0.3 is 0 Å². The topological polar surface area (TPSA) is 104 Å². The van der Waals surface area contributed by atoms with E-state index in [0.29, 0.717) is 10.7 Å². The number of hydrogen-bond acceptors (Lipinski definition) is 6. The van der Waals surface area contributed by atoms with E-state index in [2.05, 4.69) is 4.90 Å². The summed E-state index contributed by atoms with van der Waals surface area (Å²) in [6, 6.07) is 10.5. The molecule has 4 rings (SSSR count). The largest absolute Gasteiger partial charge is 0.371 e. The van der Waals surface area contributed by atoms with E-state index < -0.39 is 14.9 Å². The fourth-order valence-corrected chi connectivity index (χ4v) is 6.02. The SMILES string of the molecule is O=C(c1cc([N+](=O)[O-])ccc1N1CCCCC1)N1CCN(S(=O)(=O)c2cccc(Cl)c2)CC1. The van der Waals surface area contributed by atoms with Crippen molar-refractivity contribution in [2.75, 3.05) is 44.2 Å². The van der Waals surface area contributed by atoms with Gasteiger partial charge in [0.25, 0.3) is 11.6 Å². The van der Waals surface area contributed by atoms with E-state index in [0.717, 1.165) is 32.4 Å². The lowest BCUT2D eigenvalue weighted by molar-refractivity contribution is -0.384. The molecule has 0 saturated carbocycles. The van der Waals surface area contributed by atoms with Gasteiger partial charge in [0.2, 0.25) is 10.0 Å². The van der Waals surface area contributed by atoms with Gasteiger partial charge in [0.05, 0.1) is 21.1 Å². The van der Waals surface area contributed by atoms with Crippen LogP contribution in [-0.4, -0.2) is 67.7 Å². The Labute approximate surface area is 197 Å². The van der Waals surface area contributed by atoms with Gasteiger partial charge in [0.15, 0.2) is 0 Å². The quantitative estimate of drug-likeness (QED) is 0.468. The van der Waals surface area contributed by atoms with Gasteiger partial charge in [-0.1, -0.05) is 17.7 Å². The first-order valence-electron chi connectivity index (χ1n) is 10.9. The van der Waals surface area contributed by atoms with Crippen molar-refractivity contribution in [3.8, 4) is 0 Å². The van der Waals surface area contributed by atoms with Gasteiger partial charge in [-0.2, -0.15) is 4.31 Å². The Bertz CT molecular complexity index is 1160. The number of carbonyl (C=O) groups is 1. The van der Waals surface area contributed by atoms with Crippen LogP contribution in [0.3, 0.4) is 0 Å². The van der Waals surface area contributed by atoms with Crippen LogP contribution in [-0.2, 0) is 10.0 Å². The Hall–Kier alpha value is -2.69. The predicted molar refractivity (Wildman–Crippen MR) is 125 cm³/mol. The lowest BCUT2D eigenvalue weighted by Crippen LogP contribution is -2.50. The molecular formula is C22H25ClN4O5S. The Morgan fingerprint density at radius 1 is 0.939 bits per heavy atom. The number of halogens is 1. The number of nitrogens with zero attached hydrogens (tertiary/aromatic N) is 4. The van der Waals surface area contributed by atoms with Crippen molar-refractivity contribution in [2.45, 2.75) is 24.2 Å². The summed E-state index contributed by atoms with van der Waals surface area (Å²) >= 11 is 5.95. The maximum absolute atomic E-state index is 13.4. The van der Waals surface area contributed by atoms with E-state index in [1.165, 1.54) is 28.6 Å². The normalized spacial score (nSPS) is 17.7. The summed E-state index contributed by atoms with van der Waals surface area (Å²) in [4.78, 5) is 28.0. The average molecular weight is 493 g/mol. The molecule has 0 N–H and O–H groups in total. The third-order valence-electron chi connectivity index (χ3n) is 6.08. The Morgan fingerprint density at radius 2 is 1.64 bits per heavy atom. The van der Waals surface area contributed by atoms with Crippen LogP contribution in [0, 0.1) is 10.1 Å². The number of sulfonamides is 1. The molecule has 2 aromatic carbocycles. The molecule has 0 bridgehead atoms. The van der Waals surface area contributed by atoms with Crippen LogP contribution in [0.4, 0.5) is 11.4 Å². The number of rotatable bonds is 5. The van der Waals surface area contributed by atoms with Gasteiger partial charge < -0.3 is 9.80 Å². The predicted octanol–water partition coefficient (Wildman–Crippen LogP) is 3.39. The molecule has 2 aliphatic rings. The van der Waals surface area contributed by atoms with Crippen LogP contribution in [0.2, 0.25) is 5.02 Å². The summed E-state index contributed by atoms with van der Waals surface area (Å²) in [6.07, 6.45) is 3.13. The van der Waals surface area contributed by atoms with E-state index in [1.807, 2.05) is 0 Å². The minimum Gasteiger partial charge on any atom is -0.371 e. The molecule has 0 spiro atoms. The fraction of sp³-hybridized carbons (Fsp3) is 0.409. The zero-order valence-electron chi connectivity index (χ0n) is 18.0. The zero-order chi connectivity index (χ0) is 23.6. The van der Waals surface area contributed by atoms with Gasteiger partial charge in [-0.3, -0.25) is 14.9 Å². The second kappa shape index (κ2) is 9.66. The van der Waals surface area contributed by atoms with Crippen LogP contribution in [0.25, 0.3) is 0 Å². The van der Waals surface area contributed by atoms with Gasteiger partial charge in [-0.05, 0) is 43.5 Å². The van der Waals surface area contributed by atoms with Crippen LogP contribution in [0.5, 0.6) is 0 Å². The van der Waals surface area contributed by atoms with Crippen molar-refractivity contribution in [1.82, 2.24) is 9.21 Å². The summed E-state index contributed by atoms with van der Waals surface area (Å²) in [5.74, 6) is -0.320. The summed E-state index contributed by atoms with van der Waals surface area (Å²) < 4.78 is 27.2. The number of non-ortho nitro benzene ring substituents is 1. The molecule has 1 amide bonds. The van der Waals surface area contributed by atoms with Crippen LogP contribution >= 0.6 is 11.6 Å². The van der Waals surface area contributed by atoms with Crippen molar-refractivity contribution in [2.24, 2.45) is 0 Å². The maximum Gasteiger partial charge on any atom is 0.270 e. The molecule has 11 heteroatoms. The van der Waals surface area contributed by atoms with Gasteiger partial charge in [-0.25, -0.2) is 8.42 Å². The average Bonchev–Trinajstić information content (AvgIpc) is 2.84. The number of amides is 1. The highest BCUT2D eigenvalue weighted by Crippen LogP contribution is 2.30. The molecule has 176 valence electrons. The fourth-order valence-electron chi connectivity index (χ4n) is 4.30. The first-order valence-corrected chi connectivity index (χ1v) is 12.7. The highest BCUT2D eigenvalue weighted by Gasteiger charge is 2.32. The van der Waals surface area contributed by atoms with Crippen molar-refractivity contribution in [3.63, 3.8) is 0 Å². The first-order chi connectivity index (χ1) is 15.8. The molecule has 0 aliphatic carbocycles. The molecule has 0 unspecified atom stereocenters. The molecule has 2 heterocycles. The Kier molecular flexibility index (Phi) is 6.87. The Morgan fingerprint density at radius 3 is 2.27 bits per heavy atom. The van der Waals surface area contributed by atoms with Crippen molar-refractivity contribution in [1.29, 1.82) is 0 Å². The Balaban J connectivity index is 1.53. The number of anilines is 1. The third-order valence-corrected chi connectivity index (χ3v) is 8.21. The number of nitro benzene ring substituents is 1. The molecule has 2 aliphatic heterocycles. The first kappa shape index (κ1) is 23.5. The van der Waals surface area contributed by atoms with Gasteiger partial charge in [0.1, 0.15) is 0 Å². The van der Waals surface area contributed by atoms with E-state index in [9.17, 15) is 23.3 Å². The van der Waals surface area contributed by atoms with Crippen molar-refractivity contribution in [3.05, 3.63) is 63.2 Å². The summed E-state index contributed by atoms with van der Waals surface area (Å²) in [6.45, 7) is 2.25. The van der Waals surface area contributed by atoms with E-state index in [4.69, 9.17) is 11.6 Å². The minimum absolute atomic E-state index is 0.112. The van der Waals surface area contributed by atoms with E-state index >= 15 is 0 Å². The monoisotopic (exact) mass is 492 g/mol. The number of benzene rings is 2. The molecule has 0 radical (unpaired) electrons.